The number of furan rings is 1. The van der Waals surface area contributed by atoms with Crippen molar-refractivity contribution in [2.75, 3.05) is 0 Å². The summed E-state index contributed by atoms with van der Waals surface area (Å²) in [6.07, 6.45) is 1.59. The molecule has 2 aromatic heterocycles. The highest BCUT2D eigenvalue weighted by Gasteiger charge is 2.14. The fraction of sp³-hybridized carbons (Fsp3) is 0.158. The lowest BCUT2D eigenvalue weighted by Crippen LogP contribution is -2.16. The van der Waals surface area contributed by atoms with Crippen molar-refractivity contribution < 1.29 is 9.21 Å². The van der Waals surface area contributed by atoms with Crippen molar-refractivity contribution in [1.82, 2.24) is 9.99 Å². The first kappa shape index (κ1) is 18.3. The van der Waals surface area contributed by atoms with E-state index < -0.39 is 5.91 Å². The van der Waals surface area contributed by atoms with Gasteiger partial charge in [-0.15, -0.1) is 0 Å². The van der Waals surface area contributed by atoms with Crippen LogP contribution in [0.4, 0.5) is 0 Å². The molecule has 0 unspecified atom stereocenters. The monoisotopic (exact) mass is 389 g/mol. The SMILES string of the molecule is Cc1ccc(C(=O)N/N=C\c2cc(C)n(-c3cccc(Cl)c3Cl)c2C)o1. The highest BCUT2D eigenvalue weighted by molar-refractivity contribution is 6.43. The number of aromatic nitrogens is 1. The van der Waals surface area contributed by atoms with Crippen LogP contribution >= 0.6 is 23.2 Å². The second-order valence-electron chi connectivity index (χ2n) is 5.84. The van der Waals surface area contributed by atoms with E-state index in [1.54, 1.807) is 31.3 Å². The number of carbonyl (C=O) groups excluding carboxylic acids is 1. The molecular weight excluding hydrogens is 373 g/mol. The Morgan fingerprint density at radius 1 is 1.19 bits per heavy atom. The number of halogens is 2. The third-order valence-electron chi connectivity index (χ3n) is 3.98. The van der Waals surface area contributed by atoms with E-state index in [4.69, 9.17) is 27.6 Å². The van der Waals surface area contributed by atoms with Crippen molar-refractivity contribution in [2.45, 2.75) is 20.8 Å². The Bertz CT molecular complexity index is 1000. The van der Waals surface area contributed by atoms with Gasteiger partial charge in [-0.05, 0) is 51.1 Å². The van der Waals surface area contributed by atoms with Crippen LogP contribution in [0.5, 0.6) is 0 Å². The fourth-order valence-corrected chi connectivity index (χ4v) is 3.11. The van der Waals surface area contributed by atoms with E-state index >= 15 is 0 Å². The van der Waals surface area contributed by atoms with E-state index in [0.29, 0.717) is 15.8 Å². The maximum absolute atomic E-state index is 12.0. The van der Waals surface area contributed by atoms with Crippen molar-refractivity contribution in [1.29, 1.82) is 0 Å². The maximum atomic E-state index is 12.0. The molecule has 134 valence electrons. The Balaban J connectivity index is 1.84. The van der Waals surface area contributed by atoms with Crippen LogP contribution in [0.3, 0.4) is 0 Å². The van der Waals surface area contributed by atoms with Crippen molar-refractivity contribution in [2.24, 2.45) is 5.10 Å². The quantitative estimate of drug-likeness (QED) is 0.500. The molecule has 0 fully saturated rings. The summed E-state index contributed by atoms with van der Waals surface area (Å²) in [5.74, 6) is 0.484. The molecule has 0 saturated carbocycles. The fourth-order valence-electron chi connectivity index (χ4n) is 2.73. The van der Waals surface area contributed by atoms with Gasteiger partial charge in [0.15, 0.2) is 5.76 Å². The van der Waals surface area contributed by atoms with Gasteiger partial charge in [0.1, 0.15) is 5.76 Å². The lowest BCUT2D eigenvalue weighted by molar-refractivity contribution is 0.0926. The first-order valence-electron chi connectivity index (χ1n) is 7.91. The summed E-state index contributed by atoms with van der Waals surface area (Å²) in [6.45, 7) is 5.69. The van der Waals surface area contributed by atoms with E-state index in [9.17, 15) is 4.79 Å². The number of benzene rings is 1. The summed E-state index contributed by atoms with van der Waals surface area (Å²) in [6, 6.07) is 10.8. The average molecular weight is 390 g/mol. The van der Waals surface area contributed by atoms with Crippen LogP contribution in [0.15, 0.2) is 45.9 Å². The van der Waals surface area contributed by atoms with Gasteiger partial charge >= 0.3 is 5.91 Å². The predicted molar refractivity (Wildman–Crippen MR) is 104 cm³/mol. The van der Waals surface area contributed by atoms with Gasteiger partial charge in [-0.1, -0.05) is 29.3 Å². The van der Waals surface area contributed by atoms with Crippen LogP contribution < -0.4 is 5.43 Å². The zero-order valence-electron chi connectivity index (χ0n) is 14.5. The Morgan fingerprint density at radius 2 is 1.96 bits per heavy atom. The van der Waals surface area contributed by atoms with Crippen molar-refractivity contribution >= 4 is 35.3 Å². The molecule has 0 spiro atoms. The molecular formula is C19H17Cl2N3O2. The maximum Gasteiger partial charge on any atom is 0.307 e. The third-order valence-corrected chi connectivity index (χ3v) is 4.79. The van der Waals surface area contributed by atoms with Gasteiger partial charge in [0.05, 0.1) is 21.9 Å². The smallest absolute Gasteiger partial charge is 0.307 e. The summed E-state index contributed by atoms with van der Waals surface area (Å²) >= 11 is 12.5. The van der Waals surface area contributed by atoms with Gasteiger partial charge in [-0.3, -0.25) is 4.79 Å². The van der Waals surface area contributed by atoms with E-state index in [-0.39, 0.29) is 5.76 Å². The number of aryl methyl sites for hydroxylation is 2. The van der Waals surface area contributed by atoms with Gasteiger partial charge in [0.25, 0.3) is 0 Å². The zero-order chi connectivity index (χ0) is 18.8. The molecule has 3 rings (SSSR count). The molecule has 0 radical (unpaired) electrons. The molecule has 3 aromatic rings. The van der Waals surface area contributed by atoms with E-state index in [0.717, 1.165) is 22.6 Å². The number of carbonyl (C=O) groups is 1. The summed E-state index contributed by atoms with van der Waals surface area (Å²) in [7, 11) is 0. The highest BCUT2D eigenvalue weighted by Crippen LogP contribution is 2.31. The molecule has 0 aliphatic heterocycles. The predicted octanol–water partition coefficient (Wildman–Crippen LogP) is 5.07. The minimum atomic E-state index is -0.402. The number of amides is 1. The van der Waals surface area contributed by atoms with Gasteiger partial charge in [0, 0.05) is 17.0 Å². The Hall–Kier alpha value is -2.50. The standard InChI is InChI=1S/C19H17Cl2N3O2/c1-11-9-14(10-22-23-19(25)17-8-7-12(2)26-17)13(3)24(11)16-6-4-5-15(20)18(16)21/h4-10H,1-3H3,(H,23,25)/b22-10-. The molecule has 0 saturated heterocycles. The Labute approximate surface area is 161 Å². The Kier molecular flexibility index (Phi) is 5.20. The lowest BCUT2D eigenvalue weighted by atomic mass is 10.2. The summed E-state index contributed by atoms with van der Waals surface area (Å²) in [5, 5.41) is 5.00. The summed E-state index contributed by atoms with van der Waals surface area (Å²) in [5.41, 5.74) is 6.01. The van der Waals surface area contributed by atoms with Crippen molar-refractivity contribution in [3.63, 3.8) is 0 Å². The van der Waals surface area contributed by atoms with Gasteiger partial charge in [-0.25, -0.2) is 5.43 Å². The first-order chi connectivity index (χ1) is 12.4. The van der Waals surface area contributed by atoms with E-state index in [1.807, 2.05) is 36.6 Å². The molecule has 1 aromatic carbocycles. The van der Waals surface area contributed by atoms with Gasteiger partial charge in [0.2, 0.25) is 0 Å². The number of nitrogens with zero attached hydrogens (tertiary/aromatic N) is 2. The second kappa shape index (κ2) is 7.40. The first-order valence-corrected chi connectivity index (χ1v) is 8.67. The van der Waals surface area contributed by atoms with Crippen LogP contribution in [0, 0.1) is 20.8 Å². The summed E-state index contributed by atoms with van der Waals surface area (Å²) in [4.78, 5) is 12.0. The molecule has 1 N–H and O–H groups in total. The van der Waals surface area contributed by atoms with Crippen molar-refractivity contribution in [3.05, 3.63) is 74.9 Å². The zero-order valence-corrected chi connectivity index (χ0v) is 16.0. The van der Waals surface area contributed by atoms with Crippen LogP contribution in [-0.4, -0.2) is 16.7 Å². The Morgan fingerprint density at radius 3 is 2.65 bits per heavy atom. The van der Waals surface area contributed by atoms with Gasteiger partial charge < -0.3 is 8.98 Å². The summed E-state index contributed by atoms with van der Waals surface area (Å²) < 4.78 is 7.25. The minimum Gasteiger partial charge on any atom is -0.456 e. The van der Waals surface area contributed by atoms with Crippen LogP contribution in [-0.2, 0) is 0 Å². The molecule has 0 aliphatic rings. The molecule has 2 heterocycles. The van der Waals surface area contributed by atoms with Crippen LogP contribution in [0.25, 0.3) is 5.69 Å². The van der Waals surface area contributed by atoms with Crippen molar-refractivity contribution in [3.8, 4) is 5.69 Å². The largest absolute Gasteiger partial charge is 0.456 e. The lowest BCUT2D eigenvalue weighted by Gasteiger charge is -2.12. The molecule has 0 aliphatic carbocycles. The number of hydrogen-bond acceptors (Lipinski definition) is 3. The van der Waals surface area contributed by atoms with Gasteiger partial charge in [-0.2, -0.15) is 5.10 Å². The topological polar surface area (TPSA) is 59.5 Å². The highest BCUT2D eigenvalue weighted by atomic mass is 35.5. The van der Waals surface area contributed by atoms with E-state index in [1.165, 1.54) is 0 Å². The van der Waals surface area contributed by atoms with Crippen LogP contribution in [0.2, 0.25) is 10.0 Å². The normalized spacial score (nSPS) is 11.3. The third kappa shape index (κ3) is 3.54. The number of rotatable bonds is 4. The molecule has 0 atom stereocenters. The second-order valence-corrected chi connectivity index (χ2v) is 6.63. The number of hydrazone groups is 1. The number of nitrogens with one attached hydrogen (secondary N) is 1. The molecule has 7 heteroatoms. The van der Waals surface area contributed by atoms with Crippen LogP contribution in [0.1, 0.15) is 33.3 Å². The minimum absolute atomic E-state index is 0.218. The number of hydrogen-bond donors (Lipinski definition) is 1. The molecule has 1 amide bonds. The average Bonchev–Trinajstić information content (AvgIpc) is 3.15. The van der Waals surface area contributed by atoms with E-state index in [2.05, 4.69) is 10.5 Å². The molecule has 5 nitrogen and oxygen atoms in total. The molecule has 0 bridgehead atoms. The molecule has 26 heavy (non-hydrogen) atoms.